The third-order valence-electron chi connectivity index (χ3n) is 2.80. The van der Waals surface area contributed by atoms with Crippen molar-refractivity contribution in [3.8, 4) is 0 Å². The molecule has 0 saturated carbocycles. The van der Waals surface area contributed by atoms with Gasteiger partial charge in [0.15, 0.2) is 0 Å². The van der Waals surface area contributed by atoms with Gasteiger partial charge < -0.3 is 15.7 Å². The Hall–Kier alpha value is -2.44. The second-order valence-corrected chi connectivity index (χ2v) is 4.12. The number of carboxylic acid groups (broad SMARTS) is 1. The zero-order valence-corrected chi connectivity index (χ0v) is 9.77. The minimum Gasteiger partial charge on any atom is -0.478 e. The van der Waals surface area contributed by atoms with Crippen LogP contribution in [0.25, 0.3) is 0 Å². The second-order valence-electron chi connectivity index (χ2n) is 4.12. The number of carbonyl (C=O) groups excluding carboxylic acids is 2. The number of benzene rings is 1. The minimum absolute atomic E-state index is 0.223. The molecule has 1 atom stereocenters. The molecule has 3 N–H and O–H groups in total. The van der Waals surface area contributed by atoms with Crippen LogP contribution in [0.1, 0.15) is 23.2 Å². The summed E-state index contributed by atoms with van der Waals surface area (Å²) in [5.41, 5.74) is -0.723. The number of halogens is 1. The third kappa shape index (κ3) is 2.70. The number of anilines is 1. The lowest BCUT2D eigenvalue weighted by molar-refractivity contribution is -0.122. The van der Waals surface area contributed by atoms with Gasteiger partial charge >= 0.3 is 5.97 Å². The molecule has 7 heteroatoms. The van der Waals surface area contributed by atoms with Crippen LogP contribution in [0.15, 0.2) is 18.2 Å². The summed E-state index contributed by atoms with van der Waals surface area (Å²) in [6.45, 7) is 0. The maximum absolute atomic E-state index is 13.6. The average molecular weight is 266 g/mol. The van der Waals surface area contributed by atoms with E-state index in [0.29, 0.717) is 6.42 Å². The summed E-state index contributed by atoms with van der Waals surface area (Å²) < 4.78 is 13.6. The van der Waals surface area contributed by atoms with E-state index in [1.807, 2.05) is 0 Å². The van der Waals surface area contributed by atoms with Gasteiger partial charge in [0.05, 0.1) is 11.3 Å². The average Bonchev–Trinajstić information content (AvgIpc) is 2.78. The molecular formula is C12H11FN2O4. The Morgan fingerprint density at radius 1 is 1.42 bits per heavy atom. The molecule has 100 valence electrons. The van der Waals surface area contributed by atoms with Crippen LogP contribution in [-0.2, 0) is 9.59 Å². The second kappa shape index (κ2) is 5.05. The van der Waals surface area contributed by atoms with Crippen molar-refractivity contribution in [3.05, 3.63) is 29.6 Å². The number of carboxylic acids is 1. The van der Waals surface area contributed by atoms with Crippen LogP contribution >= 0.6 is 0 Å². The van der Waals surface area contributed by atoms with Gasteiger partial charge in [-0.25, -0.2) is 9.18 Å². The number of amides is 2. The molecule has 0 radical (unpaired) electrons. The van der Waals surface area contributed by atoms with Crippen molar-refractivity contribution >= 4 is 23.5 Å². The van der Waals surface area contributed by atoms with Crippen LogP contribution in [0.2, 0.25) is 0 Å². The maximum Gasteiger partial charge on any atom is 0.337 e. The summed E-state index contributed by atoms with van der Waals surface area (Å²) in [4.78, 5) is 33.7. The number of hydrogen-bond acceptors (Lipinski definition) is 3. The first kappa shape index (κ1) is 13.0. The van der Waals surface area contributed by atoms with Crippen molar-refractivity contribution < 1.29 is 23.9 Å². The van der Waals surface area contributed by atoms with Crippen LogP contribution in [0.4, 0.5) is 10.1 Å². The lowest BCUT2D eigenvalue weighted by Gasteiger charge is -2.13. The van der Waals surface area contributed by atoms with Gasteiger partial charge in [-0.05, 0) is 18.6 Å². The van der Waals surface area contributed by atoms with E-state index in [-0.39, 0.29) is 23.6 Å². The predicted octanol–water partition coefficient (Wildman–Crippen LogP) is 0.741. The molecule has 1 aliphatic heterocycles. The standard InChI is InChI=1S/C12H11FN2O4/c13-7-3-1-2-6(12(18)19)10(7)15-11(17)8-4-5-9(16)14-8/h1-3,8H,4-5H2,(H,14,16)(H,15,17)(H,18,19)/t8-/m0/s1. The zero-order valence-electron chi connectivity index (χ0n) is 9.77. The predicted molar refractivity (Wildman–Crippen MR) is 63.2 cm³/mol. The molecule has 1 saturated heterocycles. The van der Waals surface area contributed by atoms with E-state index in [4.69, 9.17) is 5.11 Å². The molecule has 1 aromatic carbocycles. The normalized spacial score (nSPS) is 17.9. The highest BCUT2D eigenvalue weighted by Crippen LogP contribution is 2.21. The fourth-order valence-electron chi connectivity index (χ4n) is 1.85. The minimum atomic E-state index is -1.34. The van der Waals surface area contributed by atoms with E-state index < -0.39 is 23.7 Å². The highest BCUT2D eigenvalue weighted by atomic mass is 19.1. The Kier molecular flexibility index (Phi) is 3.46. The summed E-state index contributed by atoms with van der Waals surface area (Å²) in [6, 6.07) is 2.73. The lowest BCUT2D eigenvalue weighted by atomic mass is 10.1. The molecule has 2 amide bonds. The first-order chi connectivity index (χ1) is 8.99. The Morgan fingerprint density at radius 2 is 2.16 bits per heavy atom. The van der Waals surface area contributed by atoms with E-state index in [0.717, 1.165) is 6.07 Å². The fourth-order valence-corrected chi connectivity index (χ4v) is 1.85. The van der Waals surface area contributed by atoms with E-state index in [1.54, 1.807) is 0 Å². The third-order valence-corrected chi connectivity index (χ3v) is 2.80. The largest absolute Gasteiger partial charge is 0.478 e. The van der Waals surface area contributed by atoms with Crippen molar-refractivity contribution in [2.45, 2.75) is 18.9 Å². The lowest BCUT2D eigenvalue weighted by Crippen LogP contribution is -2.37. The summed E-state index contributed by atoms with van der Waals surface area (Å²) in [6.07, 6.45) is 0.530. The van der Waals surface area contributed by atoms with E-state index in [1.165, 1.54) is 12.1 Å². The van der Waals surface area contributed by atoms with E-state index in [9.17, 15) is 18.8 Å². The van der Waals surface area contributed by atoms with Crippen LogP contribution in [0.3, 0.4) is 0 Å². The Morgan fingerprint density at radius 3 is 2.74 bits per heavy atom. The van der Waals surface area contributed by atoms with Gasteiger partial charge in [0.25, 0.3) is 0 Å². The molecule has 0 unspecified atom stereocenters. The summed E-state index contributed by atoms with van der Waals surface area (Å²) >= 11 is 0. The number of aromatic carboxylic acids is 1. The van der Waals surface area contributed by atoms with Gasteiger partial charge in [0, 0.05) is 6.42 Å². The van der Waals surface area contributed by atoms with Crippen molar-refractivity contribution in [3.63, 3.8) is 0 Å². The maximum atomic E-state index is 13.6. The quantitative estimate of drug-likeness (QED) is 0.752. The zero-order chi connectivity index (χ0) is 14.0. The van der Waals surface area contributed by atoms with Gasteiger partial charge in [-0.2, -0.15) is 0 Å². The van der Waals surface area contributed by atoms with Gasteiger partial charge in [-0.15, -0.1) is 0 Å². The van der Waals surface area contributed by atoms with Gasteiger partial charge in [-0.3, -0.25) is 9.59 Å². The summed E-state index contributed by atoms with van der Waals surface area (Å²) in [5, 5.41) is 13.6. The Bertz CT molecular complexity index is 559. The number of carbonyl (C=O) groups is 3. The topological polar surface area (TPSA) is 95.5 Å². The highest BCUT2D eigenvalue weighted by molar-refractivity contribution is 6.04. The van der Waals surface area contributed by atoms with Crippen molar-refractivity contribution in [2.75, 3.05) is 5.32 Å². The number of hydrogen-bond donors (Lipinski definition) is 3. The molecule has 0 bridgehead atoms. The molecule has 6 nitrogen and oxygen atoms in total. The van der Waals surface area contributed by atoms with Gasteiger partial charge in [0.2, 0.25) is 11.8 Å². The van der Waals surface area contributed by atoms with Gasteiger partial charge in [0.1, 0.15) is 11.9 Å². The van der Waals surface area contributed by atoms with Gasteiger partial charge in [-0.1, -0.05) is 6.07 Å². The SMILES string of the molecule is O=C1CC[C@@H](C(=O)Nc2c(F)cccc2C(=O)O)N1. The highest BCUT2D eigenvalue weighted by Gasteiger charge is 2.28. The molecule has 1 aliphatic rings. The number of rotatable bonds is 3. The molecule has 1 heterocycles. The Labute approximate surface area is 107 Å². The van der Waals surface area contributed by atoms with E-state index in [2.05, 4.69) is 10.6 Å². The molecule has 19 heavy (non-hydrogen) atoms. The van der Waals surface area contributed by atoms with Crippen LogP contribution < -0.4 is 10.6 Å². The van der Waals surface area contributed by atoms with Crippen LogP contribution in [-0.4, -0.2) is 28.9 Å². The Balaban J connectivity index is 2.21. The molecule has 1 fully saturated rings. The monoisotopic (exact) mass is 266 g/mol. The molecule has 1 aromatic rings. The molecule has 2 rings (SSSR count). The van der Waals surface area contributed by atoms with Crippen molar-refractivity contribution in [2.24, 2.45) is 0 Å². The number of para-hydroxylation sites is 1. The van der Waals surface area contributed by atoms with Crippen molar-refractivity contribution in [1.29, 1.82) is 0 Å². The fraction of sp³-hybridized carbons (Fsp3) is 0.250. The summed E-state index contributed by atoms with van der Waals surface area (Å²) in [5.74, 6) is -3.06. The first-order valence-electron chi connectivity index (χ1n) is 5.61. The first-order valence-corrected chi connectivity index (χ1v) is 5.61. The van der Waals surface area contributed by atoms with E-state index >= 15 is 0 Å². The molecule has 0 spiro atoms. The summed E-state index contributed by atoms with van der Waals surface area (Å²) in [7, 11) is 0. The molecule has 0 aliphatic carbocycles. The van der Waals surface area contributed by atoms with Crippen LogP contribution in [0, 0.1) is 5.82 Å². The van der Waals surface area contributed by atoms with Crippen LogP contribution in [0.5, 0.6) is 0 Å². The molecule has 0 aromatic heterocycles. The molecular weight excluding hydrogens is 255 g/mol. The number of nitrogens with one attached hydrogen (secondary N) is 2. The smallest absolute Gasteiger partial charge is 0.337 e. The van der Waals surface area contributed by atoms with Crippen molar-refractivity contribution in [1.82, 2.24) is 5.32 Å².